The average molecular weight is 502 g/mol. The van der Waals surface area contributed by atoms with Gasteiger partial charge in [0, 0.05) is 23.7 Å². The zero-order valence-corrected chi connectivity index (χ0v) is 19.2. The molecule has 0 bridgehead atoms. The van der Waals surface area contributed by atoms with Gasteiger partial charge in [-0.2, -0.15) is 13.2 Å². The fraction of sp³-hybridized carbons (Fsp3) is 0.304. The highest BCUT2D eigenvalue weighted by atomic mass is 19.4. The van der Waals surface area contributed by atoms with Gasteiger partial charge >= 0.3 is 6.18 Å². The van der Waals surface area contributed by atoms with Gasteiger partial charge in [-0.25, -0.2) is 9.97 Å². The van der Waals surface area contributed by atoms with Gasteiger partial charge in [0.05, 0.1) is 11.6 Å². The lowest BCUT2D eigenvalue weighted by molar-refractivity contribution is -0.138. The van der Waals surface area contributed by atoms with E-state index in [2.05, 4.69) is 31.1 Å². The topological polar surface area (TPSA) is 139 Å². The molecule has 2 aromatic heterocycles. The largest absolute Gasteiger partial charge is 0.416 e. The predicted octanol–water partition coefficient (Wildman–Crippen LogP) is 3.81. The third kappa shape index (κ3) is 5.34. The molecule has 0 fully saturated rings. The van der Waals surface area contributed by atoms with Crippen molar-refractivity contribution < 1.29 is 32.1 Å². The molecule has 3 heterocycles. The maximum Gasteiger partial charge on any atom is 0.416 e. The van der Waals surface area contributed by atoms with E-state index in [4.69, 9.17) is 4.52 Å². The van der Waals surface area contributed by atoms with Gasteiger partial charge in [0.15, 0.2) is 0 Å². The van der Waals surface area contributed by atoms with E-state index in [9.17, 15) is 27.6 Å². The van der Waals surface area contributed by atoms with Gasteiger partial charge in [-0.05, 0) is 44.4 Å². The number of benzene rings is 1. The number of alkyl halides is 3. The minimum Gasteiger partial charge on any atom is -0.351 e. The third-order valence-electron chi connectivity index (χ3n) is 5.59. The molecule has 3 N–H and O–H groups in total. The molecule has 1 aliphatic heterocycles. The Balaban J connectivity index is 1.45. The van der Waals surface area contributed by atoms with E-state index >= 15 is 0 Å². The number of halogens is 3. The maximum atomic E-state index is 13.1. The zero-order chi connectivity index (χ0) is 26.0. The summed E-state index contributed by atoms with van der Waals surface area (Å²) in [7, 11) is 0. The second kappa shape index (κ2) is 9.76. The van der Waals surface area contributed by atoms with E-state index in [0.717, 1.165) is 6.07 Å². The first kappa shape index (κ1) is 24.8. The second-order valence-corrected chi connectivity index (χ2v) is 8.24. The molecule has 1 atom stereocenters. The molecule has 0 aliphatic carbocycles. The zero-order valence-electron chi connectivity index (χ0n) is 19.2. The molecule has 1 unspecified atom stereocenters. The highest BCUT2D eigenvalue weighted by Gasteiger charge is 2.32. The Hall–Kier alpha value is -4.29. The number of carbonyl (C=O) groups excluding carboxylic acids is 3. The summed E-state index contributed by atoms with van der Waals surface area (Å²) in [6.07, 6.45) is -2.11. The fourth-order valence-corrected chi connectivity index (χ4v) is 3.71. The monoisotopic (exact) mass is 502 g/mol. The van der Waals surface area contributed by atoms with Gasteiger partial charge in [0.25, 0.3) is 11.8 Å². The molecular weight excluding hydrogens is 481 g/mol. The Bertz CT molecular complexity index is 1340. The summed E-state index contributed by atoms with van der Waals surface area (Å²) in [6.45, 7) is 2.93. The van der Waals surface area contributed by atoms with E-state index in [1.807, 2.05) is 0 Å². The Labute approximate surface area is 202 Å². The quantitative estimate of drug-likeness (QED) is 0.482. The number of hydrogen-bond acceptors (Lipinski definition) is 7. The van der Waals surface area contributed by atoms with Crippen LogP contribution >= 0.6 is 0 Å². The van der Waals surface area contributed by atoms with E-state index in [1.54, 1.807) is 6.92 Å². The van der Waals surface area contributed by atoms with Crippen molar-refractivity contribution in [1.29, 1.82) is 0 Å². The smallest absolute Gasteiger partial charge is 0.351 e. The lowest BCUT2D eigenvalue weighted by Crippen LogP contribution is -2.29. The van der Waals surface area contributed by atoms with Crippen LogP contribution in [0.5, 0.6) is 0 Å². The number of anilines is 2. The number of aromatic nitrogens is 3. The molecule has 36 heavy (non-hydrogen) atoms. The van der Waals surface area contributed by atoms with Gasteiger partial charge in [0.2, 0.25) is 11.7 Å². The molecular formula is C23H21F3N6O4. The number of amides is 3. The van der Waals surface area contributed by atoms with Gasteiger partial charge in [-0.1, -0.05) is 11.2 Å². The molecule has 10 nitrogen and oxygen atoms in total. The number of aryl methyl sites for hydroxylation is 1. The van der Waals surface area contributed by atoms with E-state index in [-0.39, 0.29) is 40.1 Å². The fourth-order valence-electron chi connectivity index (χ4n) is 3.71. The Morgan fingerprint density at radius 3 is 2.67 bits per heavy atom. The van der Waals surface area contributed by atoms with Crippen molar-refractivity contribution in [2.24, 2.45) is 0 Å². The highest BCUT2D eigenvalue weighted by Crippen LogP contribution is 2.33. The second-order valence-electron chi connectivity index (χ2n) is 8.24. The van der Waals surface area contributed by atoms with Crippen molar-refractivity contribution in [3.63, 3.8) is 0 Å². The summed E-state index contributed by atoms with van der Waals surface area (Å²) < 4.78 is 44.4. The van der Waals surface area contributed by atoms with Crippen LogP contribution in [0, 0.1) is 6.92 Å². The standard InChI is InChI=1S/C23H21F3N6O4/c1-11-6-7-13(8-15(11)23(24,25)26)30-21(34)17-9-16(32-36-17)12(2)29-22(35)19-14-4-3-5-18(33)31-20(14)28-10-27-19/h6-10,12H,3-5H2,1-2H3,(H,29,35)(H,30,34)(H,27,28,31,33). The van der Waals surface area contributed by atoms with Gasteiger partial charge in [-0.15, -0.1) is 0 Å². The molecule has 1 aliphatic rings. The van der Waals surface area contributed by atoms with Gasteiger partial charge in [-0.3, -0.25) is 14.4 Å². The van der Waals surface area contributed by atoms with Crippen molar-refractivity contribution in [2.45, 2.75) is 45.3 Å². The summed E-state index contributed by atoms with van der Waals surface area (Å²) in [5.41, 5.74) is -0.0670. The molecule has 0 saturated carbocycles. The van der Waals surface area contributed by atoms with Gasteiger partial charge < -0.3 is 20.5 Å². The van der Waals surface area contributed by atoms with Crippen LogP contribution in [0.4, 0.5) is 24.7 Å². The van der Waals surface area contributed by atoms with Crippen molar-refractivity contribution >= 4 is 29.2 Å². The predicted molar refractivity (Wildman–Crippen MR) is 120 cm³/mol. The van der Waals surface area contributed by atoms with Crippen molar-refractivity contribution in [1.82, 2.24) is 20.4 Å². The minimum atomic E-state index is -4.56. The first-order valence-corrected chi connectivity index (χ1v) is 10.9. The molecule has 188 valence electrons. The van der Waals surface area contributed by atoms with Crippen molar-refractivity contribution in [2.75, 3.05) is 10.6 Å². The molecule has 4 rings (SSSR count). The SMILES string of the molecule is Cc1ccc(NC(=O)c2cc(C(C)NC(=O)c3ncnc4c3CCCC(=O)N4)no2)cc1C(F)(F)F. The number of fused-ring (bicyclic) bond motifs is 1. The number of hydrogen-bond donors (Lipinski definition) is 3. The van der Waals surface area contributed by atoms with E-state index < -0.39 is 29.6 Å². The third-order valence-corrected chi connectivity index (χ3v) is 5.59. The number of carbonyl (C=O) groups is 3. The van der Waals surface area contributed by atoms with E-state index in [1.165, 1.54) is 31.5 Å². The maximum absolute atomic E-state index is 13.1. The van der Waals surface area contributed by atoms with Crippen LogP contribution in [0.15, 0.2) is 35.1 Å². The Kier molecular flexibility index (Phi) is 6.73. The molecule has 3 aromatic rings. The molecule has 0 saturated heterocycles. The molecule has 0 radical (unpaired) electrons. The van der Waals surface area contributed by atoms with Crippen LogP contribution in [0.25, 0.3) is 0 Å². The van der Waals surface area contributed by atoms with Crippen molar-refractivity contribution in [3.8, 4) is 0 Å². The minimum absolute atomic E-state index is 0.0231. The summed E-state index contributed by atoms with van der Waals surface area (Å²) >= 11 is 0. The lowest BCUT2D eigenvalue weighted by Gasteiger charge is -2.13. The molecule has 0 spiro atoms. The van der Waals surface area contributed by atoms with Crippen LogP contribution in [-0.2, 0) is 17.4 Å². The summed E-state index contributed by atoms with van der Waals surface area (Å²) in [4.78, 5) is 45.2. The van der Waals surface area contributed by atoms with Crippen LogP contribution in [0.1, 0.15) is 69.2 Å². The summed E-state index contributed by atoms with van der Waals surface area (Å²) in [6, 6.07) is 4.00. The Morgan fingerprint density at radius 1 is 1.14 bits per heavy atom. The number of nitrogens with one attached hydrogen (secondary N) is 3. The number of nitrogens with zero attached hydrogens (tertiary/aromatic N) is 3. The summed E-state index contributed by atoms with van der Waals surface area (Å²) in [5.74, 6) is -1.50. The molecule has 13 heteroatoms. The van der Waals surface area contributed by atoms with Crippen molar-refractivity contribution in [3.05, 3.63) is 64.4 Å². The highest BCUT2D eigenvalue weighted by molar-refractivity contribution is 6.02. The van der Waals surface area contributed by atoms with E-state index in [0.29, 0.717) is 24.8 Å². The van der Waals surface area contributed by atoms with Crippen LogP contribution < -0.4 is 16.0 Å². The normalized spacial score (nSPS) is 14.3. The first-order chi connectivity index (χ1) is 17.0. The average Bonchev–Trinajstić information content (AvgIpc) is 3.23. The van der Waals surface area contributed by atoms with Crippen LogP contribution in [-0.4, -0.2) is 32.8 Å². The van der Waals surface area contributed by atoms with Gasteiger partial charge in [0.1, 0.15) is 23.5 Å². The van der Waals surface area contributed by atoms with Crippen LogP contribution in [0.2, 0.25) is 0 Å². The molecule has 3 amide bonds. The lowest BCUT2D eigenvalue weighted by atomic mass is 10.1. The van der Waals surface area contributed by atoms with Crippen LogP contribution in [0.3, 0.4) is 0 Å². The number of rotatable bonds is 5. The summed E-state index contributed by atoms with van der Waals surface area (Å²) in [5, 5.41) is 11.5. The Morgan fingerprint density at radius 2 is 1.92 bits per heavy atom. The first-order valence-electron chi connectivity index (χ1n) is 10.9. The molecule has 1 aromatic carbocycles.